The first kappa shape index (κ1) is 22.7. The summed E-state index contributed by atoms with van der Waals surface area (Å²) >= 11 is 1.30. The molecule has 0 aliphatic carbocycles. The summed E-state index contributed by atoms with van der Waals surface area (Å²) in [6.07, 6.45) is 1.16. The maximum atomic E-state index is 13.2. The lowest BCUT2D eigenvalue weighted by Crippen LogP contribution is -2.44. The number of para-hydroxylation sites is 2. The van der Waals surface area contributed by atoms with Crippen LogP contribution in [0.15, 0.2) is 53.4 Å². The van der Waals surface area contributed by atoms with Crippen LogP contribution in [0.3, 0.4) is 0 Å². The molecule has 1 aliphatic heterocycles. The van der Waals surface area contributed by atoms with E-state index in [-0.39, 0.29) is 17.4 Å². The van der Waals surface area contributed by atoms with Crippen LogP contribution in [-0.2, 0) is 19.4 Å². The van der Waals surface area contributed by atoms with Gasteiger partial charge in [0.15, 0.2) is 21.6 Å². The number of morpholine rings is 1. The highest BCUT2D eigenvalue weighted by molar-refractivity contribution is 7.91. The van der Waals surface area contributed by atoms with Gasteiger partial charge in [0.25, 0.3) is 5.91 Å². The highest BCUT2D eigenvalue weighted by Crippen LogP contribution is 2.32. The minimum absolute atomic E-state index is 0.137. The Morgan fingerprint density at radius 1 is 1.16 bits per heavy atom. The first-order valence-corrected chi connectivity index (χ1v) is 13.0. The van der Waals surface area contributed by atoms with Crippen LogP contribution in [0.4, 0.5) is 5.13 Å². The third kappa shape index (κ3) is 5.44. The Balaban J connectivity index is 1.59. The van der Waals surface area contributed by atoms with E-state index in [4.69, 9.17) is 9.47 Å². The van der Waals surface area contributed by atoms with Crippen LogP contribution >= 0.6 is 11.3 Å². The van der Waals surface area contributed by atoms with Crippen molar-refractivity contribution < 1.29 is 22.7 Å². The predicted octanol–water partition coefficient (Wildman–Crippen LogP) is 2.44. The first-order chi connectivity index (χ1) is 15.4. The normalized spacial score (nSPS) is 15.0. The molecule has 0 unspecified atom stereocenters. The number of hydrogen-bond acceptors (Lipinski definition) is 8. The number of rotatable bonds is 8. The van der Waals surface area contributed by atoms with Crippen molar-refractivity contribution in [3.8, 4) is 5.75 Å². The molecule has 1 fully saturated rings. The molecule has 1 amide bonds. The molecule has 3 aromatic rings. The lowest BCUT2D eigenvalue weighted by molar-refractivity contribution is -0.120. The molecule has 0 bridgehead atoms. The smallest absolute Gasteiger partial charge is 0.266 e. The van der Waals surface area contributed by atoms with E-state index in [1.54, 1.807) is 29.2 Å². The number of benzene rings is 2. The SMILES string of the molecule is CS(=O)(=O)c1cccc2sc(N(CCN3CCOCC3)C(=O)COc3ccccc3)nc12. The summed E-state index contributed by atoms with van der Waals surface area (Å²) in [7, 11) is -3.44. The number of carbonyl (C=O) groups is 1. The molecule has 2 aromatic carbocycles. The highest BCUT2D eigenvalue weighted by Gasteiger charge is 2.24. The van der Waals surface area contributed by atoms with Gasteiger partial charge in [-0.3, -0.25) is 14.6 Å². The standard InChI is InChI=1S/C22H25N3O5S2/c1-32(27,28)19-9-5-8-18-21(19)23-22(31-18)25(11-10-24-12-14-29-15-13-24)20(26)16-30-17-6-3-2-4-7-17/h2-9H,10-16H2,1H3. The van der Waals surface area contributed by atoms with Gasteiger partial charge in [0.1, 0.15) is 11.3 Å². The van der Waals surface area contributed by atoms with Crippen LogP contribution in [0, 0.1) is 0 Å². The van der Waals surface area contributed by atoms with Gasteiger partial charge in [-0.05, 0) is 24.3 Å². The second-order valence-corrected chi connectivity index (χ2v) is 10.5. The zero-order chi connectivity index (χ0) is 22.6. The number of ether oxygens (including phenoxy) is 2. The molecule has 1 aliphatic rings. The molecule has 0 saturated carbocycles. The van der Waals surface area contributed by atoms with Gasteiger partial charge in [-0.25, -0.2) is 13.4 Å². The van der Waals surface area contributed by atoms with Gasteiger partial charge in [0.2, 0.25) is 0 Å². The predicted molar refractivity (Wildman–Crippen MR) is 124 cm³/mol. The molecule has 2 heterocycles. The van der Waals surface area contributed by atoms with Crippen LogP contribution < -0.4 is 9.64 Å². The van der Waals surface area contributed by atoms with Crippen LogP contribution in [0.25, 0.3) is 10.2 Å². The van der Waals surface area contributed by atoms with Gasteiger partial charge in [0, 0.05) is 32.4 Å². The molecular weight excluding hydrogens is 450 g/mol. The fraction of sp³-hybridized carbons (Fsp3) is 0.364. The monoisotopic (exact) mass is 475 g/mol. The Labute approximate surface area is 191 Å². The maximum absolute atomic E-state index is 13.2. The maximum Gasteiger partial charge on any atom is 0.266 e. The average Bonchev–Trinajstić information content (AvgIpc) is 3.22. The van der Waals surface area contributed by atoms with Crippen molar-refractivity contribution in [2.45, 2.75) is 4.90 Å². The zero-order valence-electron chi connectivity index (χ0n) is 17.8. The summed E-state index contributed by atoms with van der Waals surface area (Å²) in [4.78, 5) is 21.7. The van der Waals surface area contributed by atoms with E-state index in [0.29, 0.717) is 42.7 Å². The van der Waals surface area contributed by atoms with Gasteiger partial charge < -0.3 is 9.47 Å². The number of fused-ring (bicyclic) bond motifs is 1. The molecular formula is C22H25N3O5S2. The van der Waals surface area contributed by atoms with Crippen LogP contribution in [0.2, 0.25) is 0 Å². The fourth-order valence-corrected chi connectivity index (χ4v) is 5.39. The molecule has 1 aromatic heterocycles. The molecule has 8 nitrogen and oxygen atoms in total. The van der Waals surface area contributed by atoms with E-state index >= 15 is 0 Å². The van der Waals surface area contributed by atoms with Crippen molar-refractivity contribution in [3.63, 3.8) is 0 Å². The first-order valence-electron chi connectivity index (χ1n) is 10.3. The number of sulfone groups is 1. The molecule has 32 heavy (non-hydrogen) atoms. The number of carbonyl (C=O) groups excluding carboxylic acids is 1. The van der Waals surface area contributed by atoms with E-state index in [1.807, 2.05) is 24.3 Å². The molecule has 0 radical (unpaired) electrons. The Bertz CT molecular complexity index is 1170. The number of anilines is 1. The van der Waals surface area contributed by atoms with Gasteiger partial charge >= 0.3 is 0 Å². The lowest BCUT2D eigenvalue weighted by Gasteiger charge is -2.29. The zero-order valence-corrected chi connectivity index (χ0v) is 19.4. The van der Waals surface area contributed by atoms with E-state index in [1.165, 1.54) is 11.3 Å². The summed E-state index contributed by atoms with van der Waals surface area (Å²) in [5.74, 6) is 0.375. The lowest BCUT2D eigenvalue weighted by atomic mass is 10.3. The van der Waals surface area contributed by atoms with E-state index in [0.717, 1.165) is 24.0 Å². The van der Waals surface area contributed by atoms with E-state index in [2.05, 4.69) is 9.88 Å². The number of amides is 1. The van der Waals surface area contributed by atoms with Crippen molar-refractivity contribution in [1.29, 1.82) is 0 Å². The molecule has 1 saturated heterocycles. The van der Waals surface area contributed by atoms with Crippen molar-refractivity contribution >= 4 is 42.4 Å². The number of hydrogen-bond donors (Lipinski definition) is 0. The molecule has 0 atom stereocenters. The number of nitrogens with zero attached hydrogens (tertiary/aromatic N) is 3. The molecule has 10 heteroatoms. The summed E-state index contributed by atoms with van der Waals surface area (Å²) in [5.41, 5.74) is 0.392. The van der Waals surface area contributed by atoms with Crippen molar-refractivity contribution in [2.24, 2.45) is 0 Å². The van der Waals surface area contributed by atoms with E-state index < -0.39 is 9.84 Å². The van der Waals surface area contributed by atoms with Crippen molar-refractivity contribution in [3.05, 3.63) is 48.5 Å². The van der Waals surface area contributed by atoms with Gasteiger partial charge in [-0.1, -0.05) is 35.6 Å². The Kier molecular flexibility index (Phi) is 7.04. The van der Waals surface area contributed by atoms with Crippen LogP contribution in [-0.4, -0.2) is 76.5 Å². The Hall–Kier alpha value is -2.53. The Morgan fingerprint density at radius 3 is 2.62 bits per heavy atom. The van der Waals surface area contributed by atoms with Crippen LogP contribution in [0.1, 0.15) is 0 Å². The van der Waals surface area contributed by atoms with Crippen LogP contribution in [0.5, 0.6) is 5.75 Å². The molecule has 0 N–H and O–H groups in total. The number of aromatic nitrogens is 1. The van der Waals surface area contributed by atoms with Gasteiger partial charge in [-0.15, -0.1) is 0 Å². The van der Waals surface area contributed by atoms with Gasteiger partial charge in [0.05, 0.1) is 22.8 Å². The third-order valence-electron chi connectivity index (χ3n) is 5.15. The third-order valence-corrected chi connectivity index (χ3v) is 7.32. The second kappa shape index (κ2) is 9.95. The highest BCUT2D eigenvalue weighted by atomic mass is 32.2. The average molecular weight is 476 g/mol. The molecule has 4 rings (SSSR count). The molecule has 170 valence electrons. The minimum atomic E-state index is -3.44. The summed E-state index contributed by atoms with van der Waals surface area (Å²) in [6, 6.07) is 14.2. The Morgan fingerprint density at radius 2 is 1.91 bits per heavy atom. The van der Waals surface area contributed by atoms with Crippen molar-refractivity contribution in [1.82, 2.24) is 9.88 Å². The quantitative estimate of drug-likeness (QED) is 0.494. The summed E-state index contributed by atoms with van der Waals surface area (Å²) < 4.78 is 36.2. The number of thiazole rings is 1. The largest absolute Gasteiger partial charge is 0.484 e. The summed E-state index contributed by atoms with van der Waals surface area (Å²) in [5, 5.41) is 0.464. The minimum Gasteiger partial charge on any atom is -0.484 e. The van der Waals surface area contributed by atoms with Crippen molar-refractivity contribution in [2.75, 3.05) is 57.2 Å². The topological polar surface area (TPSA) is 89.0 Å². The van der Waals surface area contributed by atoms with Gasteiger partial charge in [-0.2, -0.15) is 0 Å². The van der Waals surface area contributed by atoms with E-state index in [9.17, 15) is 13.2 Å². The summed E-state index contributed by atoms with van der Waals surface area (Å²) in [6.45, 7) is 3.90. The fourth-order valence-electron chi connectivity index (χ4n) is 3.46. The molecule has 0 spiro atoms. The second-order valence-electron chi connectivity index (χ2n) is 7.47.